The maximum atomic E-state index is 13.4. The summed E-state index contributed by atoms with van der Waals surface area (Å²) in [6.45, 7) is 2.21. The summed E-state index contributed by atoms with van der Waals surface area (Å²) in [5.74, 6) is 2.36. The molecular formula is C30H31NO5S. The summed E-state index contributed by atoms with van der Waals surface area (Å²) in [5, 5.41) is -0.285. The van der Waals surface area contributed by atoms with Gasteiger partial charge in [-0.25, -0.2) is 0 Å². The lowest BCUT2D eigenvalue weighted by Gasteiger charge is -2.55. The molecular weight excluding hydrogens is 486 g/mol. The number of hydrogen-bond donors (Lipinski definition) is 0. The first-order valence-corrected chi connectivity index (χ1v) is 13.9. The van der Waals surface area contributed by atoms with Gasteiger partial charge < -0.3 is 9.47 Å². The molecule has 37 heavy (non-hydrogen) atoms. The number of nitrogens with zero attached hydrogens (tertiary/aromatic N) is 1. The zero-order chi connectivity index (χ0) is 25.7. The number of carbonyl (C=O) groups excluding carboxylic acids is 3. The fraction of sp³-hybridized carbons (Fsp3) is 0.433. The Labute approximate surface area is 221 Å². The minimum absolute atomic E-state index is 0.130. The van der Waals surface area contributed by atoms with Crippen molar-refractivity contribution < 1.29 is 23.9 Å². The second-order valence-electron chi connectivity index (χ2n) is 11.2. The fourth-order valence-corrected chi connectivity index (χ4v) is 8.01. The average molecular weight is 518 g/mol. The Morgan fingerprint density at radius 1 is 1.03 bits per heavy atom. The summed E-state index contributed by atoms with van der Waals surface area (Å²) in [4.78, 5) is 40.7. The molecule has 5 fully saturated rings. The van der Waals surface area contributed by atoms with Crippen molar-refractivity contribution in [3.8, 4) is 11.5 Å². The lowest BCUT2D eigenvalue weighted by molar-refractivity contribution is -0.161. The Kier molecular flexibility index (Phi) is 6.14. The van der Waals surface area contributed by atoms with Crippen LogP contribution in [-0.4, -0.2) is 29.1 Å². The first-order valence-electron chi connectivity index (χ1n) is 13.0. The van der Waals surface area contributed by atoms with Crippen LogP contribution >= 0.6 is 11.8 Å². The van der Waals surface area contributed by atoms with Gasteiger partial charge in [-0.3, -0.25) is 19.3 Å². The van der Waals surface area contributed by atoms with E-state index in [2.05, 4.69) is 0 Å². The second kappa shape index (κ2) is 9.35. The summed E-state index contributed by atoms with van der Waals surface area (Å²) in [6.07, 6.45) is 8.31. The topological polar surface area (TPSA) is 72.9 Å². The third-order valence-electron chi connectivity index (χ3n) is 8.62. The van der Waals surface area contributed by atoms with Crippen molar-refractivity contribution in [3.63, 3.8) is 0 Å². The van der Waals surface area contributed by atoms with Gasteiger partial charge in [0.1, 0.15) is 0 Å². The lowest BCUT2D eigenvalue weighted by atomic mass is 9.49. The predicted octanol–water partition coefficient (Wildman–Crippen LogP) is 6.36. The van der Waals surface area contributed by atoms with Crippen LogP contribution in [0.2, 0.25) is 0 Å². The number of benzene rings is 2. The SMILES string of the molecule is COc1cc(/C=C2\SC(=O)N(Cc3ccccc3C)C2=O)ccc1OC(=O)C12CC3CC(CC(C3)C1)C2. The number of methoxy groups -OCH3 is 1. The summed E-state index contributed by atoms with van der Waals surface area (Å²) < 4.78 is 11.5. The number of ether oxygens (including phenoxy) is 2. The van der Waals surface area contributed by atoms with Gasteiger partial charge in [0.15, 0.2) is 11.5 Å². The van der Waals surface area contributed by atoms with Gasteiger partial charge in [-0.05, 0) is 110 Å². The molecule has 4 aliphatic carbocycles. The third kappa shape index (κ3) is 4.48. The van der Waals surface area contributed by atoms with Crippen molar-refractivity contribution in [2.75, 3.05) is 7.11 Å². The van der Waals surface area contributed by atoms with E-state index in [9.17, 15) is 14.4 Å². The van der Waals surface area contributed by atoms with E-state index in [1.807, 2.05) is 31.2 Å². The van der Waals surface area contributed by atoms with Gasteiger partial charge in [-0.2, -0.15) is 0 Å². The number of carbonyl (C=O) groups is 3. The molecule has 0 atom stereocenters. The lowest BCUT2D eigenvalue weighted by Crippen LogP contribution is -2.51. The van der Waals surface area contributed by atoms with Crippen LogP contribution in [0.5, 0.6) is 11.5 Å². The van der Waals surface area contributed by atoms with Crippen molar-refractivity contribution >= 4 is 35.0 Å². The van der Waals surface area contributed by atoms with Gasteiger partial charge in [-0.15, -0.1) is 0 Å². The van der Waals surface area contributed by atoms with Crippen LogP contribution in [0.4, 0.5) is 4.79 Å². The van der Waals surface area contributed by atoms with E-state index in [0.717, 1.165) is 42.2 Å². The molecule has 4 bridgehead atoms. The van der Waals surface area contributed by atoms with Gasteiger partial charge >= 0.3 is 5.97 Å². The number of imide groups is 1. The van der Waals surface area contributed by atoms with Crippen LogP contribution < -0.4 is 9.47 Å². The largest absolute Gasteiger partial charge is 0.493 e. The Morgan fingerprint density at radius 3 is 2.35 bits per heavy atom. The Balaban J connectivity index is 1.18. The molecule has 0 spiro atoms. The molecule has 2 amide bonds. The predicted molar refractivity (Wildman–Crippen MR) is 142 cm³/mol. The highest BCUT2D eigenvalue weighted by Gasteiger charge is 2.55. The third-order valence-corrected chi connectivity index (χ3v) is 9.53. The molecule has 2 aromatic carbocycles. The van der Waals surface area contributed by atoms with E-state index in [1.165, 1.54) is 31.3 Å². The van der Waals surface area contributed by atoms with Gasteiger partial charge in [0.05, 0.1) is 24.0 Å². The van der Waals surface area contributed by atoms with Crippen molar-refractivity contribution in [2.24, 2.45) is 23.2 Å². The molecule has 0 N–H and O–H groups in total. The highest BCUT2D eigenvalue weighted by molar-refractivity contribution is 8.18. The summed E-state index contributed by atoms with van der Waals surface area (Å²) in [6, 6.07) is 13.0. The normalized spacial score (nSPS) is 29.3. The summed E-state index contributed by atoms with van der Waals surface area (Å²) in [7, 11) is 1.54. The van der Waals surface area contributed by atoms with Gasteiger partial charge in [-0.1, -0.05) is 30.3 Å². The van der Waals surface area contributed by atoms with Crippen molar-refractivity contribution in [1.29, 1.82) is 0 Å². The molecule has 7 rings (SSSR count). The molecule has 5 aliphatic rings. The molecule has 0 unspecified atom stereocenters. The Morgan fingerprint density at radius 2 is 1.70 bits per heavy atom. The average Bonchev–Trinajstić information content (AvgIpc) is 3.12. The molecule has 2 aromatic rings. The van der Waals surface area contributed by atoms with Crippen molar-refractivity contribution in [3.05, 3.63) is 64.1 Å². The van der Waals surface area contributed by atoms with Crippen LogP contribution in [-0.2, 0) is 16.1 Å². The first-order chi connectivity index (χ1) is 17.8. The van der Waals surface area contributed by atoms with E-state index < -0.39 is 0 Å². The quantitative estimate of drug-likeness (QED) is 0.252. The van der Waals surface area contributed by atoms with Gasteiger partial charge in [0.25, 0.3) is 11.1 Å². The van der Waals surface area contributed by atoms with Crippen LogP contribution in [0.25, 0.3) is 6.08 Å². The second-order valence-corrected chi connectivity index (χ2v) is 12.2. The standard InChI is InChI=1S/C30H31NO5S/c1-18-5-3-4-6-23(18)17-31-27(32)26(37-29(31)34)13-19-7-8-24(25(12-19)35-2)36-28(33)30-14-20-9-21(15-30)11-22(10-20)16-30/h3-8,12-13,20-22H,9-11,14-17H2,1-2H3/b26-13-. The monoisotopic (exact) mass is 517 g/mol. The van der Waals surface area contributed by atoms with E-state index in [1.54, 1.807) is 24.3 Å². The number of hydrogen-bond acceptors (Lipinski definition) is 6. The van der Waals surface area contributed by atoms with Gasteiger partial charge in [0.2, 0.25) is 0 Å². The molecule has 1 heterocycles. The zero-order valence-corrected chi connectivity index (χ0v) is 22.0. The molecule has 0 aromatic heterocycles. The molecule has 1 aliphatic heterocycles. The van der Waals surface area contributed by atoms with Crippen LogP contribution in [0.1, 0.15) is 55.2 Å². The molecule has 0 radical (unpaired) electrons. The summed E-state index contributed by atoms with van der Waals surface area (Å²) >= 11 is 0.934. The maximum absolute atomic E-state index is 13.4. The van der Waals surface area contributed by atoms with E-state index in [4.69, 9.17) is 9.47 Å². The van der Waals surface area contributed by atoms with E-state index in [-0.39, 0.29) is 29.1 Å². The molecule has 192 valence electrons. The minimum Gasteiger partial charge on any atom is -0.493 e. The summed E-state index contributed by atoms with van der Waals surface area (Å²) in [5.41, 5.74) is 2.33. The number of esters is 1. The van der Waals surface area contributed by atoms with Crippen LogP contribution in [0.15, 0.2) is 47.4 Å². The van der Waals surface area contributed by atoms with Crippen molar-refractivity contribution in [1.82, 2.24) is 4.90 Å². The molecule has 4 saturated carbocycles. The minimum atomic E-state index is -0.353. The Bertz CT molecular complexity index is 1280. The molecule has 1 saturated heterocycles. The first kappa shape index (κ1) is 24.3. The smallest absolute Gasteiger partial charge is 0.317 e. The van der Waals surface area contributed by atoms with Gasteiger partial charge in [0, 0.05) is 0 Å². The number of thioether (sulfide) groups is 1. The molecule has 7 heteroatoms. The number of aryl methyl sites for hydroxylation is 1. The highest BCUT2D eigenvalue weighted by Crippen LogP contribution is 2.60. The molecule has 6 nitrogen and oxygen atoms in total. The van der Waals surface area contributed by atoms with Crippen molar-refractivity contribution in [2.45, 2.75) is 52.0 Å². The number of amides is 2. The van der Waals surface area contributed by atoms with Crippen LogP contribution in [0, 0.1) is 30.1 Å². The van der Waals surface area contributed by atoms with E-state index in [0.29, 0.717) is 39.7 Å². The van der Waals surface area contributed by atoms with Crippen LogP contribution in [0.3, 0.4) is 0 Å². The van der Waals surface area contributed by atoms with E-state index >= 15 is 0 Å². The highest BCUT2D eigenvalue weighted by atomic mass is 32.2. The zero-order valence-electron chi connectivity index (χ0n) is 21.2. The number of rotatable bonds is 6. The fourth-order valence-electron chi connectivity index (χ4n) is 7.17. The Hall–Kier alpha value is -3.06. The maximum Gasteiger partial charge on any atom is 0.317 e.